The van der Waals surface area contributed by atoms with Gasteiger partial charge in [0.25, 0.3) is 5.91 Å². The van der Waals surface area contributed by atoms with Gasteiger partial charge in [-0.25, -0.2) is 4.79 Å². The van der Waals surface area contributed by atoms with E-state index in [1.54, 1.807) is 55.5 Å². The SMILES string of the molecule is CCC(=O)c1ccc(OCC(=O)O[C@@H](C)C(=O)Nc2ccc(C(C)=O)cc2)cc1. The summed E-state index contributed by atoms with van der Waals surface area (Å²) in [6.07, 6.45) is -0.615. The smallest absolute Gasteiger partial charge is 0.344 e. The van der Waals surface area contributed by atoms with Crippen molar-refractivity contribution in [1.29, 1.82) is 0 Å². The number of hydrogen-bond acceptors (Lipinski definition) is 6. The fraction of sp³-hybridized carbons (Fsp3) is 0.273. The number of ketones is 2. The fourth-order valence-corrected chi connectivity index (χ4v) is 2.40. The Labute approximate surface area is 169 Å². The molecule has 0 saturated heterocycles. The summed E-state index contributed by atoms with van der Waals surface area (Å²) in [6, 6.07) is 12.8. The van der Waals surface area contributed by atoms with Crippen molar-refractivity contribution in [1.82, 2.24) is 0 Å². The van der Waals surface area contributed by atoms with E-state index in [0.717, 1.165) is 0 Å². The zero-order valence-corrected chi connectivity index (χ0v) is 16.6. The molecule has 7 nitrogen and oxygen atoms in total. The third kappa shape index (κ3) is 6.57. The molecule has 0 spiro atoms. The highest BCUT2D eigenvalue weighted by Gasteiger charge is 2.18. The van der Waals surface area contributed by atoms with Crippen molar-refractivity contribution < 1.29 is 28.7 Å². The van der Waals surface area contributed by atoms with Crippen LogP contribution in [0, 0.1) is 0 Å². The lowest BCUT2D eigenvalue weighted by Crippen LogP contribution is -2.31. The molecule has 0 aliphatic carbocycles. The number of esters is 1. The maximum Gasteiger partial charge on any atom is 0.344 e. The van der Waals surface area contributed by atoms with Gasteiger partial charge in [-0.3, -0.25) is 14.4 Å². The van der Waals surface area contributed by atoms with Crippen molar-refractivity contribution >= 4 is 29.1 Å². The van der Waals surface area contributed by atoms with Crippen LogP contribution in [-0.4, -0.2) is 36.2 Å². The number of benzene rings is 2. The lowest BCUT2D eigenvalue weighted by molar-refractivity contribution is -0.155. The van der Waals surface area contributed by atoms with Gasteiger partial charge in [0.15, 0.2) is 24.3 Å². The Kier molecular flexibility index (Phi) is 7.65. The summed E-state index contributed by atoms with van der Waals surface area (Å²) in [5, 5.41) is 2.61. The average molecular weight is 397 g/mol. The number of hydrogen-bond donors (Lipinski definition) is 1. The number of carbonyl (C=O) groups excluding carboxylic acids is 4. The highest BCUT2D eigenvalue weighted by Crippen LogP contribution is 2.14. The second-order valence-corrected chi connectivity index (χ2v) is 6.34. The van der Waals surface area contributed by atoms with Gasteiger partial charge in [0, 0.05) is 23.2 Å². The number of carbonyl (C=O) groups is 4. The molecule has 0 fully saturated rings. The normalized spacial score (nSPS) is 11.3. The van der Waals surface area contributed by atoms with Gasteiger partial charge >= 0.3 is 5.97 Å². The van der Waals surface area contributed by atoms with E-state index in [0.29, 0.717) is 29.0 Å². The largest absolute Gasteiger partial charge is 0.482 e. The van der Waals surface area contributed by atoms with Gasteiger partial charge < -0.3 is 14.8 Å². The van der Waals surface area contributed by atoms with E-state index in [2.05, 4.69) is 5.32 Å². The predicted octanol–water partition coefficient (Wildman–Crippen LogP) is 3.43. The highest BCUT2D eigenvalue weighted by molar-refractivity contribution is 5.97. The third-order valence-corrected chi connectivity index (χ3v) is 4.09. The molecule has 1 atom stereocenters. The van der Waals surface area contributed by atoms with Crippen molar-refractivity contribution in [3.8, 4) is 5.75 Å². The van der Waals surface area contributed by atoms with Crippen molar-refractivity contribution in [3.05, 3.63) is 59.7 Å². The molecule has 1 N–H and O–H groups in total. The van der Waals surface area contributed by atoms with E-state index in [-0.39, 0.29) is 18.2 Å². The second kappa shape index (κ2) is 10.2. The van der Waals surface area contributed by atoms with Crippen molar-refractivity contribution in [2.75, 3.05) is 11.9 Å². The number of ether oxygens (including phenoxy) is 2. The Morgan fingerprint density at radius 2 is 1.52 bits per heavy atom. The number of amides is 1. The maximum atomic E-state index is 12.1. The molecule has 0 aliphatic rings. The molecule has 152 valence electrons. The van der Waals surface area contributed by atoms with Crippen LogP contribution in [-0.2, 0) is 14.3 Å². The van der Waals surface area contributed by atoms with Crippen molar-refractivity contribution in [2.45, 2.75) is 33.3 Å². The lowest BCUT2D eigenvalue weighted by Gasteiger charge is -2.14. The molecule has 0 heterocycles. The molecule has 1 amide bonds. The monoisotopic (exact) mass is 397 g/mol. The van der Waals surface area contributed by atoms with Crippen LogP contribution in [0.1, 0.15) is 47.9 Å². The first kappa shape index (κ1) is 21.8. The van der Waals surface area contributed by atoms with Crippen LogP contribution < -0.4 is 10.1 Å². The average Bonchev–Trinajstić information content (AvgIpc) is 2.72. The summed E-state index contributed by atoms with van der Waals surface area (Å²) in [5.41, 5.74) is 1.59. The van der Waals surface area contributed by atoms with Crippen LogP contribution in [0.25, 0.3) is 0 Å². The van der Waals surface area contributed by atoms with Crippen LogP contribution in [0.3, 0.4) is 0 Å². The summed E-state index contributed by atoms with van der Waals surface area (Å²) in [7, 11) is 0. The number of rotatable bonds is 9. The zero-order valence-electron chi connectivity index (χ0n) is 16.6. The summed E-state index contributed by atoms with van der Waals surface area (Å²) in [4.78, 5) is 46.9. The van der Waals surface area contributed by atoms with Gasteiger partial charge in [-0.1, -0.05) is 6.92 Å². The maximum absolute atomic E-state index is 12.1. The molecule has 0 aromatic heterocycles. The topological polar surface area (TPSA) is 98.8 Å². The van der Waals surface area contributed by atoms with Gasteiger partial charge in [0.1, 0.15) is 5.75 Å². The van der Waals surface area contributed by atoms with E-state index in [1.807, 2.05) is 0 Å². The zero-order chi connectivity index (χ0) is 21.4. The second-order valence-electron chi connectivity index (χ2n) is 6.34. The van der Waals surface area contributed by atoms with Gasteiger partial charge in [-0.15, -0.1) is 0 Å². The summed E-state index contributed by atoms with van der Waals surface area (Å²) in [6.45, 7) is 4.31. The van der Waals surface area contributed by atoms with Crippen LogP contribution >= 0.6 is 0 Å². The first-order chi connectivity index (χ1) is 13.8. The first-order valence-corrected chi connectivity index (χ1v) is 9.17. The summed E-state index contributed by atoms with van der Waals surface area (Å²) >= 11 is 0. The minimum absolute atomic E-state index is 0.0201. The van der Waals surface area contributed by atoms with Gasteiger partial charge in [-0.2, -0.15) is 0 Å². The number of Topliss-reactive ketones (excluding diaryl/α,β-unsaturated/α-hetero) is 2. The van der Waals surface area contributed by atoms with Crippen LogP contribution in [0.2, 0.25) is 0 Å². The molecule has 0 radical (unpaired) electrons. The molecule has 2 aromatic carbocycles. The molecule has 0 unspecified atom stereocenters. The third-order valence-electron chi connectivity index (χ3n) is 4.09. The Morgan fingerprint density at radius 1 is 0.931 bits per heavy atom. The minimum atomic E-state index is -1.02. The first-order valence-electron chi connectivity index (χ1n) is 9.17. The molecule has 0 aliphatic heterocycles. The van der Waals surface area contributed by atoms with E-state index < -0.39 is 18.0 Å². The van der Waals surface area contributed by atoms with Gasteiger partial charge in [0.2, 0.25) is 0 Å². The molecule has 0 saturated carbocycles. The van der Waals surface area contributed by atoms with E-state index >= 15 is 0 Å². The highest BCUT2D eigenvalue weighted by atomic mass is 16.6. The van der Waals surface area contributed by atoms with Crippen LogP contribution in [0.15, 0.2) is 48.5 Å². The molecule has 7 heteroatoms. The number of anilines is 1. The Hall–Kier alpha value is -3.48. The fourth-order valence-electron chi connectivity index (χ4n) is 2.40. The quantitative estimate of drug-likeness (QED) is 0.514. The van der Waals surface area contributed by atoms with Crippen LogP contribution in [0.5, 0.6) is 5.75 Å². The van der Waals surface area contributed by atoms with Crippen LogP contribution in [0.4, 0.5) is 5.69 Å². The molecular formula is C22H23NO6. The summed E-state index contributed by atoms with van der Waals surface area (Å²) in [5.74, 6) is -0.842. The minimum Gasteiger partial charge on any atom is -0.482 e. The lowest BCUT2D eigenvalue weighted by atomic mass is 10.1. The van der Waals surface area contributed by atoms with Gasteiger partial charge in [-0.05, 0) is 62.4 Å². The molecule has 29 heavy (non-hydrogen) atoms. The molecule has 2 aromatic rings. The standard InChI is InChI=1S/C22H23NO6/c1-4-20(25)17-7-11-19(12-8-17)28-13-21(26)29-15(3)22(27)23-18-9-5-16(6-10-18)14(2)24/h5-12,15H,4,13H2,1-3H3,(H,23,27)/t15-/m0/s1. The van der Waals surface area contributed by atoms with Crippen molar-refractivity contribution in [3.63, 3.8) is 0 Å². The Bertz CT molecular complexity index is 887. The van der Waals surface area contributed by atoms with E-state index in [4.69, 9.17) is 9.47 Å². The molecule has 2 rings (SSSR count). The number of nitrogens with one attached hydrogen (secondary N) is 1. The van der Waals surface area contributed by atoms with E-state index in [1.165, 1.54) is 13.8 Å². The van der Waals surface area contributed by atoms with E-state index in [9.17, 15) is 19.2 Å². The molecular weight excluding hydrogens is 374 g/mol. The Balaban J connectivity index is 1.81. The van der Waals surface area contributed by atoms with Crippen molar-refractivity contribution in [2.24, 2.45) is 0 Å². The van der Waals surface area contributed by atoms with Gasteiger partial charge in [0.05, 0.1) is 0 Å². The Morgan fingerprint density at radius 3 is 2.07 bits per heavy atom. The molecule has 0 bridgehead atoms. The predicted molar refractivity (Wildman–Crippen MR) is 107 cm³/mol. The summed E-state index contributed by atoms with van der Waals surface area (Å²) < 4.78 is 10.4.